The molecule has 0 unspecified atom stereocenters. The zero-order chi connectivity index (χ0) is 18.7. The van der Waals surface area contributed by atoms with Gasteiger partial charge in [-0.25, -0.2) is 17.6 Å². The summed E-state index contributed by atoms with van der Waals surface area (Å²) in [5.74, 6) is -0.662. The van der Waals surface area contributed by atoms with Crippen molar-refractivity contribution in [2.45, 2.75) is 46.3 Å². The summed E-state index contributed by atoms with van der Waals surface area (Å²) in [4.78, 5) is 12.0. The van der Waals surface area contributed by atoms with Crippen molar-refractivity contribution in [1.82, 2.24) is 24.9 Å². The van der Waals surface area contributed by atoms with Gasteiger partial charge < -0.3 is 5.32 Å². The number of alkyl halides is 4. The van der Waals surface area contributed by atoms with E-state index in [1.165, 1.54) is 0 Å². The van der Waals surface area contributed by atoms with Gasteiger partial charge in [-0.05, 0) is 13.8 Å². The van der Waals surface area contributed by atoms with Gasteiger partial charge >= 0.3 is 0 Å². The summed E-state index contributed by atoms with van der Waals surface area (Å²) in [6.07, 6.45) is -4.50. The second-order valence-electron chi connectivity index (χ2n) is 5.22. The lowest BCUT2D eigenvalue weighted by Crippen LogP contribution is -2.28. The van der Waals surface area contributed by atoms with Gasteiger partial charge in [-0.1, -0.05) is 11.6 Å². The van der Waals surface area contributed by atoms with Crippen LogP contribution in [0, 0.1) is 6.92 Å². The van der Waals surface area contributed by atoms with Gasteiger partial charge in [-0.2, -0.15) is 10.2 Å². The maximum atomic E-state index is 13.0. The predicted molar refractivity (Wildman–Crippen MR) is 81.6 cm³/mol. The Labute approximate surface area is 145 Å². The highest BCUT2D eigenvalue weighted by Crippen LogP contribution is 2.34. The van der Waals surface area contributed by atoms with E-state index in [4.69, 9.17) is 11.6 Å². The molecule has 2 aromatic heterocycles. The Bertz CT molecular complexity index is 759. The maximum absolute atomic E-state index is 13.0. The van der Waals surface area contributed by atoms with Crippen LogP contribution in [0.4, 0.5) is 17.6 Å². The highest BCUT2D eigenvalue weighted by molar-refractivity contribution is 6.32. The average molecular weight is 382 g/mol. The Morgan fingerprint density at radius 1 is 1.28 bits per heavy atom. The normalized spacial score (nSPS) is 11.6. The second-order valence-corrected chi connectivity index (χ2v) is 5.59. The fourth-order valence-corrected chi connectivity index (χ4v) is 2.52. The molecule has 25 heavy (non-hydrogen) atoms. The number of nitrogens with one attached hydrogen (secondary N) is 1. The molecule has 138 valence electrons. The fourth-order valence-electron chi connectivity index (χ4n) is 2.22. The molecule has 0 aliphatic rings. The average Bonchev–Trinajstić information content (AvgIpc) is 3.05. The van der Waals surface area contributed by atoms with Crippen molar-refractivity contribution in [2.24, 2.45) is 0 Å². The molecule has 2 rings (SSSR count). The van der Waals surface area contributed by atoms with E-state index in [1.54, 1.807) is 17.8 Å². The first kappa shape index (κ1) is 19.2. The molecule has 0 bridgehead atoms. The third kappa shape index (κ3) is 4.30. The van der Waals surface area contributed by atoms with E-state index in [0.717, 1.165) is 11.3 Å². The Hall–Kier alpha value is -2.10. The first-order chi connectivity index (χ1) is 11.7. The number of hydrogen-bond acceptors (Lipinski definition) is 3. The molecule has 0 saturated carbocycles. The minimum absolute atomic E-state index is 0.130. The van der Waals surface area contributed by atoms with Crippen molar-refractivity contribution >= 4 is 17.5 Å². The zero-order valence-corrected chi connectivity index (χ0v) is 14.2. The van der Waals surface area contributed by atoms with Gasteiger partial charge in [0.1, 0.15) is 17.9 Å². The van der Waals surface area contributed by atoms with Gasteiger partial charge in [0.05, 0.1) is 10.7 Å². The molecule has 1 amide bonds. The molecule has 0 aliphatic carbocycles. The van der Waals surface area contributed by atoms with Crippen molar-refractivity contribution in [3.05, 3.63) is 33.9 Å². The van der Waals surface area contributed by atoms with Crippen LogP contribution in [0.3, 0.4) is 0 Å². The number of rotatable bonds is 7. The lowest BCUT2D eigenvalue weighted by Gasteiger charge is -2.08. The second kappa shape index (κ2) is 7.85. The summed E-state index contributed by atoms with van der Waals surface area (Å²) in [6.45, 7) is 3.82. The summed E-state index contributed by atoms with van der Waals surface area (Å²) < 4.78 is 53.8. The number of halogens is 5. The van der Waals surface area contributed by atoms with E-state index in [9.17, 15) is 22.4 Å². The molecule has 2 aromatic rings. The van der Waals surface area contributed by atoms with E-state index >= 15 is 0 Å². The lowest BCUT2D eigenvalue weighted by molar-refractivity contribution is -0.122. The molecule has 2 heterocycles. The third-order valence-corrected chi connectivity index (χ3v) is 3.90. The van der Waals surface area contributed by atoms with E-state index in [2.05, 4.69) is 15.5 Å². The maximum Gasteiger partial charge on any atom is 0.283 e. The molecule has 0 aromatic carbocycles. The van der Waals surface area contributed by atoms with Crippen LogP contribution in [0.2, 0.25) is 5.02 Å². The van der Waals surface area contributed by atoms with Crippen molar-refractivity contribution < 1.29 is 22.4 Å². The lowest BCUT2D eigenvalue weighted by atomic mass is 10.2. The monoisotopic (exact) mass is 381 g/mol. The topological polar surface area (TPSA) is 64.7 Å². The van der Waals surface area contributed by atoms with Gasteiger partial charge in [-0.3, -0.25) is 14.2 Å². The molecule has 0 atom stereocenters. The number of carbonyl (C=O) groups excluding carboxylic acids is 1. The van der Waals surface area contributed by atoms with Gasteiger partial charge in [0, 0.05) is 24.8 Å². The Morgan fingerprint density at radius 3 is 2.48 bits per heavy atom. The van der Waals surface area contributed by atoms with Crippen LogP contribution < -0.4 is 5.32 Å². The van der Waals surface area contributed by atoms with Crippen LogP contribution in [-0.2, 0) is 24.4 Å². The molecule has 1 N–H and O–H groups in total. The van der Waals surface area contributed by atoms with E-state index in [0.29, 0.717) is 11.2 Å². The number of hydrogen-bond donors (Lipinski definition) is 1. The van der Waals surface area contributed by atoms with Crippen molar-refractivity contribution in [1.29, 1.82) is 0 Å². The summed E-state index contributed by atoms with van der Waals surface area (Å²) in [5.41, 5.74) is -0.388. The number of carbonyl (C=O) groups is 1. The Balaban J connectivity index is 2.09. The van der Waals surface area contributed by atoms with E-state index in [1.807, 2.05) is 6.92 Å². The highest BCUT2D eigenvalue weighted by Gasteiger charge is 2.28. The molecular formula is C14H16ClF4N5O. The minimum Gasteiger partial charge on any atom is -0.350 e. The first-order valence-electron chi connectivity index (χ1n) is 7.36. The van der Waals surface area contributed by atoms with Crippen LogP contribution in [-0.4, -0.2) is 25.5 Å². The molecule has 11 heteroatoms. The predicted octanol–water partition coefficient (Wildman–Crippen LogP) is 3.25. The SMILES string of the molecule is CCn1cc(CNC(=O)Cn2nc(C(F)F)c(Cl)c2C(F)F)c(C)n1. The summed E-state index contributed by atoms with van der Waals surface area (Å²) in [6, 6.07) is 0. The molecule has 0 spiro atoms. The van der Waals surface area contributed by atoms with E-state index in [-0.39, 0.29) is 6.54 Å². The van der Waals surface area contributed by atoms with Gasteiger partial charge in [0.25, 0.3) is 12.9 Å². The largest absolute Gasteiger partial charge is 0.350 e. The quantitative estimate of drug-likeness (QED) is 0.749. The third-order valence-electron chi connectivity index (χ3n) is 3.51. The number of aryl methyl sites for hydroxylation is 2. The summed E-state index contributed by atoms with van der Waals surface area (Å²) in [7, 11) is 0. The van der Waals surface area contributed by atoms with Gasteiger partial charge in [-0.15, -0.1) is 0 Å². The number of aromatic nitrogens is 4. The highest BCUT2D eigenvalue weighted by atomic mass is 35.5. The molecule has 0 saturated heterocycles. The number of amides is 1. The van der Waals surface area contributed by atoms with Crippen molar-refractivity contribution in [3.63, 3.8) is 0 Å². The van der Waals surface area contributed by atoms with E-state index < -0.39 is 41.7 Å². The van der Waals surface area contributed by atoms with Crippen LogP contribution in [0.1, 0.15) is 42.4 Å². The molecular weight excluding hydrogens is 366 g/mol. The Kier molecular flexibility index (Phi) is 6.04. The summed E-state index contributed by atoms with van der Waals surface area (Å²) >= 11 is 5.53. The number of nitrogens with zero attached hydrogens (tertiary/aromatic N) is 4. The van der Waals surface area contributed by atoms with Crippen molar-refractivity contribution in [3.8, 4) is 0 Å². The van der Waals surface area contributed by atoms with Crippen LogP contribution in [0.15, 0.2) is 6.20 Å². The minimum atomic E-state index is -3.13. The smallest absolute Gasteiger partial charge is 0.283 e. The van der Waals surface area contributed by atoms with Gasteiger partial charge in [0.15, 0.2) is 0 Å². The standard InChI is InChI=1S/C14H16ClF4N5O/c1-3-23-5-8(7(2)21-23)4-20-9(25)6-24-12(14(18)19)10(15)11(22-24)13(16)17/h5,13-14H,3-4,6H2,1-2H3,(H,20,25). The van der Waals surface area contributed by atoms with Crippen LogP contribution in [0.25, 0.3) is 0 Å². The molecule has 0 radical (unpaired) electrons. The summed E-state index contributed by atoms with van der Waals surface area (Å²) in [5, 5.41) is 9.25. The molecule has 6 nitrogen and oxygen atoms in total. The zero-order valence-electron chi connectivity index (χ0n) is 13.4. The Morgan fingerprint density at radius 2 is 1.96 bits per heavy atom. The fraction of sp³-hybridized carbons (Fsp3) is 0.500. The molecule has 0 aliphatic heterocycles. The molecule has 0 fully saturated rings. The van der Waals surface area contributed by atoms with Crippen LogP contribution in [0.5, 0.6) is 0 Å². The van der Waals surface area contributed by atoms with Gasteiger partial charge in [0.2, 0.25) is 5.91 Å². The van der Waals surface area contributed by atoms with Crippen molar-refractivity contribution in [2.75, 3.05) is 0 Å². The van der Waals surface area contributed by atoms with Crippen LogP contribution >= 0.6 is 11.6 Å². The first-order valence-corrected chi connectivity index (χ1v) is 7.74.